The minimum atomic E-state index is 0.00336. The zero-order valence-corrected chi connectivity index (χ0v) is 16.0. The average molecular weight is 371 g/mol. The van der Waals surface area contributed by atoms with Gasteiger partial charge in [-0.25, -0.2) is 9.97 Å². The van der Waals surface area contributed by atoms with Crippen molar-refractivity contribution < 1.29 is 4.79 Å². The third-order valence-corrected chi connectivity index (χ3v) is 4.85. The molecule has 3 aromatic heterocycles. The molecule has 3 heterocycles. The average Bonchev–Trinajstić information content (AvgIpc) is 3.04. The number of aromatic nitrogens is 3. The lowest BCUT2D eigenvalue weighted by atomic mass is 10.1. The summed E-state index contributed by atoms with van der Waals surface area (Å²) in [5.41, 5.74) is 4.04. The normalized spacial score (nSPS) is 10.8. The van der Waals surface area contributed by atoms with E-state index >= 15 is 0 Å². The first-order valence-electron chi connectivity index (χ1n) is 9.01. The Balaban J connectivity index is 1.72. The third kappa shape index (κ3) is 3.32. The summed E-state index contributed by atoms with van der Waals surface area (Å²) in [4.78, 5) is 22.1. The number of carbonyl (C=O) groups is 1. The molecule has 6 heteroatoms. The molecule has 28 heavy (non-hydrogen) atoms. The minimum Gasteiger partial charge on any atom is -0.343 e. The highest BCUT2D eigenvalue weighted by Gasteiger charge is 2.12. The molecule has 140 valence electrons. The first kappa shape index (κ1) is 17.7. The first-order chi connectivity index (χ1) is 13.5. The van der Waals surface area contributed by atoms with Crippen molar-refractivity contribution in [3.8, 4) is 11.3 Å². The summed E-state index contributed by atoms with van der Waals surface area (Å²) in [6.45, 7) is 1.56. The number of hydrogen-bond acceptors (Lipinski definition) is 4. The van der Waals surface area contributed by atoms with Gasteiger partial charge >= 0.3 is 0 Å². The van der Waals surface area contributed by atoms with Gasteiger partial charge in [-0.3, -0.25) is 4.79 Å². The van der Waals surface area contributed by atoms with Crippen molar-refractivity contribution in [1.82, 2.24) is 14.5 Å². The molecule has 1 N–H and O–H groups in total. The molecule has 0 unspecified atom stereocenters. The fourth-order valence-electron chi connectivity index (χ4n) is 3.20. The Morgan fingerprint density at radius 3 is 2.64 bits per heavy atom. The lowest BCUT2D eigenvalue weighted by Crippen LogP contribution is -2.22. The zero-order valence-electron chi connectivity index (χ0n) is 16.0. The molecule has 4 aromatic rings. The Hall–Kier alpha value is -3.67. The molecule has 0 saturated heterocycles. The molecular weight excluding hydrogens is 350 g/mol. The molecule has 0 bridgehead atoms. The van der Waals surface area contributed by atoms with Gasteiger partial charge in [0.25, 0.3) is 0 Å². The molecular formula is C22H21N5O. The standard InChI is InChI=1S/C22H21N5O/c1-15(28)26(2)18-8-6-7-16(11-18)19-12-17-14-24-22(13-20(17)27(19)3)25-21-9-4-5-10-23-21/h4-14H,1-3H3,(H,23,24,25). The van der Waals surface area contributed by atoms with E-state index in [1.807, 2.05) is 61.8 Å². The minimum absolute atomic E-state index is 0.00336. The van der Waals surface area contributed by atoms with Crippen molar-refractivity contribution in [3.63, 3.8) is 0 Å². The van der Waals surface area contributed by atoms with Gasteiger partial charge in [0, 0.05) is 61.8 Å². The van der Waals surface area contributed by atoms with Gasteiger partial charge < -0.3 is 14.8 Å². The Morgan fingerprint density at radius 1 is 1.04 bits per heavy atom. The van der Waals surface area contributed by atoms with Crippen molar-refractivity contribution in [3.05, 3.63) is 67.0 Å². The monoisotopic (exact) mass is 371 g/mol. The maximum atomic E-state index is 11.7. The lowest BCUT2D eigenvalue weighted by molar-refractivity contribution is -0.116. The van der Waals surface area contributed by atoms with Crippen LogP contribution in [0.2, 0.25) is 0 Å². The number of amides is 1. The van der Waals surface area contributed by atoms with Gasteiger partial charge in [-0.1, -0.05) is 18.2 Å². The zero-order chi connectivity index (χ0) is 19.7. The summed E-state index contributed by atoms with van der Waals surface area (Å²) in [6.07, 6.45) is 3.60. The van der Waals surface area contributed by atoms with E-state index in [9.17, 15) is 4.79 Å². The second kappa shape index (κ2) is 7.15. The Morgan fingerprint density at radius 2 is 1.89 bits per heavy atom. The SMILES string of the molecule is CC(=O)N(C)c1cccc(-c2cc3cnc(Nc4ccccn4)cc3n2C)c1. The van der Waals surface area contributed by atoms with Crippen LogP contribution in [-0.2, 0) is 11.8 Å². The predicted molar refractivity (Wildman–Crippen MR) is 113 cm³/mol. The Kier molecular flexibility index (Phi) is 4.53. The smallest absolute Gasteiger partial charge is 0.223 e. The van der Waals surface area contributed by atoms with Crippen molar-refractivity contribution in [1.29, 1.82) is 0 Å². The van der Waals surface area contributed by atoms with Gasteiger partial charge in [0.05, 0.1) is 5.52 Å². The van der Waals surface area contributed by atoms with E-state index < -0.39 is 0 Å². The molecule has 1 amide bonds. The third-order valence-electron chi connectivity index (χ3n) is 4.85. The van der Waals surface area contributed by atoms with Gasteiger partial charge in [0.15, 0.2) is 0 Å². The maximum absolute atomic E-state index is 11.7. The van der Waals surface area contributed by atoms with Crippen LogP contribution in [0.5, 0.6) is 0 Å². The molecule has 0 aliphatic heterocycles. The lowest BCUT2D eigenvalue weighted by Gasteiger charge is -2.16. The van der Waals surface area contributed by atoms with Crippen LogP contribution < -0.4 is 10.2 Å². The molecule has 0 spiro atoms. The summed E-state index contributed by atoms with van der Waals surface area (Å²) in [6, 6.07) is 17.8. The number of nitrogens with zero attached hydrogens (tertiary/aromatic N) is 4. The van der Waals surface area contributed by atoms with E-state index in [0.717, 1.165) is 39.5 Å². The number of fused-ring (bicyclic) bond motifs is 1. The van der Waals surface area contributed by atoms with Crippen molar-refractivity contribution >= 4 is 34.1 Å². The summed E-state index contributed by atoms with van der Waals surface area (Å²) < 4.78 is 2.13. The van der Waals surface area contributed by atoms with E-state index in [2.05, 4.69) is 25.9 Å². The predicted octanol–water partition coefficient (Wildman–Crippen LogP) is 4.36. The van der Waals surface area contributed by atoms with Crippen molar-refractivity contribution in [2.24, 2.45) is 7.05 Å². The number of hydrogen-bond donors (Lipinski definition) is 1. The molecule has 0 radical (unpaired) electrons. The second-order valence-corrected chi connectivity index (χ2v) is 6.69. The molecule has 0 aliphatic carbocycles. The van der Waals surface area contributed by atoms with Gasteiger partial charge in [-0.05, 0) is 30.3 Å². The van der Waals surface area contributed by atoms with Gasteiger partial charge in [0.2, 0.25) is 5.91 Å². The molecule has 1 aromatic carbocycles. The largest absolute Gasteiger partial charge is 0.343 e. The number of pyridine rings is 2. The molecule has 6 nitrogen and oxygen atoms in total. The van der Waals surface area contributed by atoms with Gasteiger partial charge in [0.1, 0.15) is 11.6 Å². The van der Waals surface area contributed by atoms with E-state index in [1.165, 1.54) is 0 Å². The molecule has 0 atom stereocenters. The maximum Gasteiger partial charge on any atom is 0.223 e. The highest BCUT2D eigenvalue weighted by atomic mass is 16.2. The van der Waals surface area contributed by atoms with Crippen LogP contribution in [0.1, 0.15) is 6.92 Å². The molecule has 4 rings (SSSR count). The molecule has 0 saturated carbocycles. The number of nitrogens with one attached hydrogen (secondary N) is 1. The first-order valence-corrected chi connectivity index (χ1v) is 9.01. The number of aryl methyl sites for hydroxylation is 1. The fraction of sp³-hybridized carbons (Fsp3) is 0.136. The Labute approximate surface area is 163 Å². The van der Waals surface area contributed by atoms with Crippen LogP contribution in [0.4, 0.5) is 17.3 Å². The van der Waals surface area contributed by atoms with E-state index in [0.29, 0.717) is 0 Å². The highest BCUT2D eigenvalue weighted by molar-refractivity contribution is 5.93. The number of carbonyl (C=O) groups excluding carboxylic acids is 1. The molecule has 0 aliphatic rings. The van der Waals surface area contributed by atoms with Crippen LogP contribution in [0, 0.1) is 0 Å². The fourth-order valence-corrected chi connectivity index (χ4v) is 3.20. The van der Waals surface area contributed by atoms with Crippen LogP contribution in [0.15, 0.2) is 67.0 Å². The second-order valence-electron chi connectivity index (χ2n) is 6.69. The van der Waals surface area contributed by atoms with Gasteiger partial charge in [-0.2, -0.15) is 0 Å². The Bertz CT molecular complexity index is 1150. The number of rotatable bonds is 4. The summed E-state index contributed by atoms with van der Waals surface area (Å²) in [5, 5.41) is 4.28. The topological polar surface area (TPSA) is 63.1 Å². The van der Waals surface area contributed by atoms with Crippen LogP contribution in [0.25, 0.3) is 22.2 Å². The molecule has 0 fully saturated rings. The van der Waals surface area contributed by atoms with Crippen LogP contribution in [0.3, 0.4) is 0 Å². The highest BCUT2D eigenvalue weighted by Crippen LogP contribution is 2.30. The quantitative estimate of drug-likeness (QED) is 0.579. The summed E-state index contributed by atoms with van der Waals surface area (Å²) >= 11 is 0. The summed E-state index contributed by atoms with van der Waals surface area (Å²) in [5.74, 6) is 1.50. The van der Waals surface area contributed by atoms with E-state index in [1.54, 1.807) is 25.1 Å². The van der Waals surface area contributed by atoms with Gasteiger partial charge in [-0.15, -0.1) is 0 Å². The van der Waals surface area contributed by atoms with Crippen LogP contribution >= 0.6 is 0 Å². The van der Waals surface area contributed by atoms with Crippen LogP contribution in [-0.4, -0.2) is 27.5 Å². The number of anilines is 3. The van der Waals surface area contributed by atoms with E-state index in [-0.39, 0.29) is 5.91 Å². The van der Waals surface area contributed by atoms with E-state index in [4.69, 9.17) is 0 Å². The van der Waals surface area contributed by atoms with Crippen molar-refractivity contribution in [2.75, 3.05) is 17.3 Å². The van der Waals surface area contributed by atoms with Crippen molar-refractivity contribution in [2.45, 2.75) is 6.92 Å². The number of benzene rings is 1. The summed E-state index contributed by atoms with van der Waals surface area (Å²) in [7, 11) is 3.81.